The number of rotatable bonds is 2. The van der Waals surface area contributed by atoms with E-state index in [-0.39, 0.29) is 22.3 Å². The molecule has 0 rings (SSSR count). The van der Waals surface area contributed by atoms with Gasteiger partial charge in [0.2, 0.25) is 0 Å². The Labute approximate surface area is 89.1 Å². The molecule has 0 aliphatic rings. The maximum atomic E-state index is 2.22. The molecule has 0 aliphatic carbocycles. The first-order chi connectivity index (χ1) is 4.54. The standard InChI is InChI=1S/2C5H12.3CH4/c2*1-4-5(2)3;;;/h2*5H,4H2,1-3H3;3*1H4. The fourth-order valence-electron chi connectivity index (χ4n) is 0. The lowest BCUT2D eigenvalue weighted by Crippen LogP contribution is -1.77. The van der Waals surface area contributed by atoms with E-state index in [1.165, 1.54) is 12.8 Å². The minimum absolute atomic E-state index is 0. The van der Waals surface area contributed by atoms with Crippen LogP contribution in [0, 0.1) is 11.8 Å². The van der Waals surface area contributed by atoms with Crippen LogP contribution in [-0.4, -0.2) is 0 Å². The summed E-state index contributed by atoms with van der Waals surface area (Å²) in [6.45, 7) is 13.3. The van der Waals surface area contributed by atoms with Crippen molar-refractivity contribution in [1.82, 2.24) is 0 Å². The molecule has 0 aromatic heterocycles. The van der Waals surface area contributed by atoms with Crippen LogP contribution in [-0.2, 0) is 0 Å². The molecular formula is C13H36. The van der Waals surface area contributed by atoms with Gasteiger partial charge in [-0.1, -0.05) is 76.7 Å². The van der Waals surface area contributed by atoms with E-state index in [4.69, 9.17) is 0 Å². The predicted octanol–water partition coefficient (Wildman–Crippen LogP) is 6.01. The summed E-state index contributed by atoms with van der Waals surface area (Å²) in [5, 5.41) is 0. The summed E-state index contributed by atoms with van der Waals surface area (Å²) in [6, 6.07) is 0. The Kier molecular flexibility index (Phi) is 51.0. The zero-order valence-electron chi connectivity index (χ0n) is 8.57. The highest BCUT2D eigenvalue weighted by Crippen LogP contribution is 1.94. The van der Waals surface area contributed by atoms with Crippen molar-refractivity contribution in [3.05, 3.63) is 0 Å². The van der Waals surface area contributed by atoms with Gasteiger partial charge in [-0.05, 0) is 11.8 Å². The zero-order valence-corrected chi connectivity index (χ0v) is 8.57. The highest BCUT2D eigenvalue weighted by atomic mass is 13.9. The summed E-state index contributed by atoms with van der Waals surface area (Å²) < 4.78 is 0. The second kappa shape index (κ2) is 22.7. The van der Waals surface area contributed by atoms with Gasteiger partial charge in [0.25, 0.3) is 0 Å². The topological polar surface area (TPSA) is 0 Å². The largest absolute Gasteiger partial charge is 0.0776 e. The van der Waals surface area contributed by atoms with Crippen molar-refractivity contribution in [1.29, 1.82) is 0 Å². The van der Waals surface area contributed by atoms with Crippen LogP contribution in [0.1, 0.15) is 76.7 Å². The lowest BCUT2D eigenvalue weighted by molar-refractivity contribution is 0.626. The van der Waals surface area contributed by atoms with Gasteiger partial charge in [-0.15, -0.1) is 0 Å². The molecule has 0 N–H and O–H groups in total. The van der Waals surface area contributed by atoms with Crippen LogP contribution in [0.2, 0.25) is 0 Å². The van der Waals surface area contributed by atoms with Crippen LogP contribution >= 0.6 is 0 Å². The molecule has 0 nitrogen and oxygen atoms in total. The molecule has 0 aromatic carbocycles. The summed E-state index contributed by atoms with van der Waals surface area (Å²) >= 11 is 0. The maximum Gasteiger partial charge on any atom is -0.0474 e. The minimum Gasteiger partial charge on any atom is -0.0776 e. The molecule has 0 fully saturated rings. The Morgan fingerprint density at radius 1 is 0.615 bits per heavy atom. The molecule has 0 aliphatic heterocycles. The molecule has 0 aromatic rings. The molecular weight excluding hydrogens is 156 g/mol. The van der Waals surface area contributed by atoms with E-state index in [1.807, 2.05) is 0 Å². The van der Waals surface area contributed by atoms with Crippen molar-refractivity contribution >= 4 is 0 Å². The summed E-state index contributed by atoms with van der Waals surface area (Å²) in [5.41, 5.74) is 0. The van der Waals surface area contributed by atoms with Crippen LogP contribution in [0.3, 0.4) is 0 Å². The van der Waals surface area contributed by atoms with E-state index >= 15 is 0 Å². The van der Waals surface area contributed by atoms with Crippen molar-refractivity contribution in [3.63, 3.8) is 0 Å². The third-order valence-corrected chi connectivity index (χ3v) is 1.63. The average molecular weight is 192 g/mol. The molecule has 0 heterocycles. The van der Waals surface area contributed by atoms with E-state index in [9.17, 15) is 0 Å². The molecule has 0 heteroatoms. The Bertz CT molecular complexity index is 36.0. The monoisotopic (exact) mass is 192 g/mol. The van der Waals surface area contributed by atoms with E-state index < -0.39 is 0 Å². The smallest absolute Gasteiger partial charge is 0.0474 e. The van der Waals surface area contributed by atoms with Crippen LogP contribution in [0.25, 0.3) is 0 Å². The van der Waals surface area contributed by atoms with Crippen LogP contribution < -0.4 is 0 Å². The van der Waals surface area contributed by atoms with Crippen molar-refractivity contribution in [2.24, 2.45) is 11.8 Å². The van der Waals surface area contributed by atoms with Crippen LogP contribution in [0.4, 0.5) is 0 Å². The van der Waals surface area contributed by atoms with Crippen LogP contribution in [0.15, 0.2) is 0 Å². The molecule has 0 saturated heterocycles. The van der Waals surface area contributed by atoms with Crippen molar-refractivity contribution in [2.45, 2.75) is 76.7 Å². The molecule has 0 bridgehead atoms. The van der Waals surface area contributed by atoms with Gasteiger partial charge in [0, 0.05) is 0 Å². The molecule has 0 amide bonds. The molecule has 0 spiro atoms. The van der Waals surface area contributed by atoms with Gasteiger partial charge < -0.3 is 0 Å². The second-order valence-electron chi connectivity index (χ2n) is 3.60. The summed E-state index contributed by atoms with van der Waals surface area (Å²) in [5.74, 6) is 1.77. The Morgan fingerprint density at radius 2 is 0.692 bits per heavy atom. The summed E-state index contributed by atoms with van der Waals surface area (Å²) in [6.07, 6.45) is 2.61. The number of hydrogen-bond acceptors (Lipinski definition) is 0. The van der Waals surface area contributed by atoms with Crippen molar-refractivity contribution in [3.8, 4) is 0 Å². The van der Waals surface area contributed by atoms with Gasteiger partial charge in [0.15, 0.2) is 0 Å². The van der Waals surface area contributed by atoms with Gasteiger partial charge >= 0.3 is 0 Å². The Hall–Kier alpha value is 0. The number of hydrogen-bond donors (Lipinski definition) is 0. The fourth-order valence-corrected chi connectivity index (χ4v) is 0. The van der Waals surface area contributed by atoms with E-state index in [1.54, 1.807) is 0 Å². The van der Waals surface area contributed by atoms with Gasteiger partial charge in [-0.3, -0.25) is 0 Å². The third-order valence-electron chi connectivity index (χ3n) is 1.63. The first kappa shape index (κ1) is 29.2. The van der Waals surface area contributed by atoms with Crippen molar-refractivity contribution < 1.29 is 0 Å². The Balaban J connectivity index is -0.0000000267. The van der Waals surface area contributed by atoms with E-state index in [0.29, 0.717) is 0 Å². The molecule has 13 heavy (non-hydrogen) atoms. The van der Waals surface area contributed by atoms with Gasteiger partial charge in [0.05, 0.1) is 0 Å². The van der Waals surface area contributed by atoms with Gasteiger partial charge in [-0.25, -0.2) is 0 Å². The molecule has 0 unspecified atom stereocenters. The molecule has 0 saturated carbocycles. The minimum atomic E-state index is 0. The normalized spacial score (nSPS) is 7.38. The van der Waals surface area contributed by atoms with Crippen molar-refractivity contribution in [2.75, 3.05) is 0 Å². The van der Waals surface area contributed by atoms with Gasteiger partial charge in [0.1, 0.15) is 0 Å². The SMILES string of the molecule is C.C.C.CCC(C)C.CCC(C)C. The summed E-state index contributed by atoms with van der Waals surface area (Å²) in [7, 11) is 0. The molecule has 0 radical (unpaired) electrons. The lowest BCUT2D eigenvalue weighted by atomic mass is 10.2. The van der Waals surface area contributed by atoms with E-state index in [0.717, 1.165) is 11.8 Å². The van der Waals surface area contributed by atoms with Gasteiger partial charge in [-0.2, -0.15) is 0 Å². The maximum absolute atomic E-state index is 2.22. The quantitative estimate of drug-likeness (QED) is 0.502. The second-order valence-corrected chi connectivity index (χ2v) is 3.60. The predicted molar refractivity (Wildman–Crippen MR) is 70.5 cm³/mol. The lowest BCUT2D eigenvalue weighted by Gasteiger charge is -1.90. The van der Waals surface area contributed by atoms with E-state index in [2.05, 4.69) is 41.5 Å². The first-order valence-corrected chi connectivity index (χ1v) is 4.54. The first-order valence-electron chi connectivity index (χ1n) is 4.54. The van der Waals surface area contributed by atoms with Crippen LogP contribution in [0.5, 0.6) is 0 Å². The highest BCUT2D eigenvalue weighted by Gasteiger charge is 1.80. The highest BCUT2D eigenvalue weighted by molar-refractivity contribution is 4.33. The Morgan fingerprint density at radius 3 is 0.692 bits per heavy atom. The summed E-state index contributed by atoms with van der Waals surface area (Å²) in [4.78, 5) is 0. The molecule has 88 valence electrons. The molecule has 0 atom stereocenters. The fraction of sp³-hybridized carbons (Fsp3) is 1.00. The zero-order chi connectivity index (χ0) is 8.57. The third kappa shape index (κ3) is 75.0. The average Bonchev–Trinajstić information content (AvgIpc) is 1.89.